The van der Waals surface area contributed by atoms with Crippen molar-refractivity contribution in [2.24, 2.45) is 28.6 Å². The average molecular weight is 476 g/mol. The molecule has 7 nitrogen and oxygen atoms in total. The van der Waals surface area contributed by atoms with E-state index in [1.54, 1.807) is 6.08 Å². The Labute approximate surface area is 202 Å². The average Bonchev–Trinajstić information content (AvgIpc) is 3.07. The Morgan fingerprint density at radius 1 is 1.15 bits per heavy atom. The third kappa shape index (κ3) is 3.88. The zero-order valence-electron chi connectivity index (χ0n) is 21.1. The van der Waals surface area contributed by atoms with Gasteiger partial charge < -0.3 is 14.9 Å². The molecular weight excluding hydrogens is 434 g/mol. The van der Waals surface area contributed by atoms with E-state index < -0.39 is 35.5 Å². The number of hydrogen-bond acceptors (Lipinski definition) is 7. The number of Topliss-reactive ketones (excluding diaryl/α,β-unsaturated/α-hetero) is 1. The lowest BCUT2D eigenvalue weighted by Gasteiger charge is -2.60. The van der Waals surface area contributed by atoms with E-state index in [0.717, 1.165) is 24.8 Å². The number of fused-ring (bicyclic) bond motifs is 5. The van der Waals surface area contributed by atoms with E-state index in [2.05, 4.69) is 6.92 Å². The number of nitrogens with zero attached hydrogens (tertiary/aromatic N) is 1. The van der Waals surface area contributed by atoms with Crippen molar-refractivity contribution in [2.75, 3.05) is 26.2 Å². The molecule has 0 aromatic carbocycles. The van der Waals surface area contributed by atoms with E-state index in [9.17, 15) is 24.6 Å². The van der Waals surface area contributed by atoms with E-state index in [1.807, 2.05) is 25.7 Å². The second-order valence-electron chi connectivity index (χ2n) is 11.5. The molecule has 4 rings (SSSR count). The normalized spacial score (nSPS) is 41.4. The zero-order chi connectivity index (χ0) is 24.9. The number of ketones is 2. The van der Waals surface area contributed by atoms with Crippen molar-refractivity contribution in [2.45, 2.75) is 84.3 Å². The molecule has 0 aromatic heterocycles. The number of aliphatic hydroxyl groups is 2. The molecular formula is C27H41NO6. The van der Waals surface area contributed by atoms with Crippen molar-refractivity contribution >= 4 is 17.5 Å². The summed E-state index contributed by atoms with van der Waals surface area (Å²) in [6.07, 6.45) is 5.49. The van der Waals surface area contributed by atoms with Crippen LogP contribution in [0.1, 0.15) is 72.6 Å². The fraction of sp³-hybridized carbons (Fsp3) is 0.815. The largest absolute Gasteiger partial charge is 0.457 e. The van der Waals surface area contributed by atoms with Gasteiger partial charge in [0.05, 0.1) is 12.6 Å². The van der Waals surface area contributed by atoms with Crippen molar-refractivity contribution in [3.8, 4) is 0 Å². The summed E-state index contributed by atoms with van der Waals surface area (Å²) in [7, 11) is 0. The Bertz CT molecular complexity index is 880. The number of rotatable bonds is 7. The van der Waals surface area contributed by atoms with Gasteiger partial charge in [0.1, 0.15) is 5.60 Å². The summed E-state index contributed by atoms with van der Waals surface area (Å²) in [4.78, 5) is 39.5. The maximum absolute atomic E-state index is 13.3. The molecule has 0 heterocycles. The van der Waals surface area contributed by atoms with Crippen molar-refractivity contribution < 1.29 is 29.3 Å². The molecule has 4 aliphatic carbocycles. The number of aliphatic hydroxyl groups excluding tert-OH is 1. The van der Waals surface area contributed by atoms with Gasteiger partial charge >= 0.3 is 5.97 Å². The van der Waals surface area contributed by atoms with Gasteiger partial charge in [-0.2, -0.15) is 0 Å². The number of ether oxygens (including phenoxy) is 1. The highest BCUT2D eigenvalue weighted by atomic mass is 16.5. The van der Waals surface area contributed by atoms with Crippen LogP contribution in [0.4, 0.5) is 0 Å². The van der Waals surface area contributed by atoms with Crippen molar-refractivity contribution in [1.29, 1.82) is 0 Å². The SMILES string of the molecule is CCN(CC)CC(=O)OCC(=O)[C@@]1(O)CC[C@H]2[C@@H]3CCC4=CC(=O)CC[C@]4(C)C3C(O)C[C@@]21C. The van der Waals surface area contributed by atoms with Crippen LogP contribution in [0.2, 0.25) is 0 Å². The number of hydrogen-bond donors (Lipinski definition) is 2. The topological polar surface area (TPSA) is 104 Å². The highest BCUT2D eigenvalue weighted by Crippen LogP contribution is 2.67. The Morgan fingerprint density at radius 3 is 2.53 bits per heavy atom. The van der Waals surface area contributed by atoms with Crippen molar-refractivity contribution in [3.05, 3.63) is 11.6 Å². The fourth-order valence-electron chi connectivity index (χ4n) is 8.09. The third-order valence-electron chi connectivity index (χ3n) is 10.1. The van der Waals surface area contributed by atoms with Crippen LogP contribution in [0.3, 0.4) is 0 Å². The molecule has 7 atom stereocenters. The zero-order valence-corrected chi connectivity index (χ0v) is 21.1. The quantitative estimate of drug-likeness (QED) is 0.546. The molecule has 4 aliphatic rings. The monoisotopic (exact) mass is 475 g/mol. The first-order valence-corrected chi connectivity index (χ1v) is 13.1. The van der Waals surface area contributed by atoms with Gasteiger partial charge in [0.15, 0.2) is 12.4 Å². The first-order valence-electron chi connectivity index (χ1n) is 13.1. The van der Waals surface area contributed by atoms with Crippen LogP contribution in [0, 0.1) is 28.6 Å². The lowest BCUT2D eigenvalue weighted by Crippen LogP contribution is -2.62. The summed E-state index contributed by atoms with van der Waals surface area (Å²) in [5.74, 6) is -0.411. The minimum Gasteiger partial charge on any atom is -0.457 e. The molecule has 34 heavy (non-hydrogen) atoms. The maximum Gasteiger partial charge on any atom is 0.320 e. The van der Waals surface area contributed by atoms with E-state index in [0.29, 0.717) is 38.8 Å². The predicted octanol–water partition coefficient (Wildman–Crippen LogP) is 2.67. The van der Waals surface area contributed by atoms with Gasteiger partial charge in [-0.3, -0.25) is 19.3 Å². The minimum atomic E-state index is -1.61. The van der Waals surface area contributed by atoms with E-state index >= 15 is 0 Å². The molecule has 0 aromatic rings. The number of esters is 1. The molecule has 3 saturated carbocycles. The third-order valence-corrected chi connectivity index (χ3v) is 10.1. The van der Waals surface area contributed by atoms with Crippen LogP contribution >= 0.6 is 0 Å². The first-order chi connectivity index (χ1) is 16.0. The van der Waals surface area contributed by atoms with Crippen LogP contribution in [0.5, 0.6) is 0 Å². The van der Waals surface area contributed by atoms with Crippen LogP contribution in [0.15, 0.2) is 11.6 Å². The van der Waals surface area contributed by atoms with Crippen molar-refractivity contribution in [1.82, 2.24) is 4.90 Å². The molecule has 2 unspecified atom stereocenters. The molecule has 0 bridgehead atoms. The van der Waals surface area contributed by atoms with E-state index in [4.69, 9.17) is 4.74 Å². The number of carbonyl (C=O) groups is 3. The summed E-state index contributed by atoms with van der Waals surface area (Å²) in [5.41, 5.74) is -1.42. The first kappa shape index (κ1) is 25.5. The minimum absolute atomic E-state index is 0.0306. The molecule has 2 N–H and O–H groups in total. The second kappa shape index (κ2) is 9.14. The van der Waals surface area contributed by atoms with Gasteiger partial charge in [0.25, 0.3) is 0 Å². The Kier molecular flexibility index (Phi) is 6.86. The lowest BCUT2D eigenvalue weighted by atomic mass is 9.45. The molecule has 3 fully saturated rings. The highest BCUT2D eigenvalue weighted by molar-refractivity contribution is 5.92. The van der Waals surface area contributed by atoms with Gasteiger partial charge in [0.2, 0.25) is 5.78 Å². The van der Waals surface area contributed by atoms with Crippen LogP contribution < -0.4 is 0 Å². The maximum atomic E-state index is 13.3. The molecule has 0 radical (unpaired) electrons. The Morgan fingerprint density at radius 2 is 1.85 bits per heavy atom. The molecule has 0 saturated heterocycles. The molecule has 0 amide bonds. The molecule has 190 valence electrons. The van der Waals surface area contributed by atoms with E-state index in [1.165, 1.54) is 0 Å². The van der Waals surface area contributed by atoms with E-state index in [-0.39, 0.29) is 35.5 Å². The van der Waals surface area contributed by atoms with Gasteiger partial charge in [-0.25, -0.2) is 0 Å². The van der Waals surface area contributed by atoms with Crippen molar-refractivity contribution in [3.63, 3.8) is 0 Å². The lowest BCUT2D eigenvalue weighted by molar-refractivity contribution is -0.184. The summed E-state index contributed by atoms with van der Waals surface area (Å²) in [5, 5.41) is 23.2. The Hall–Kier alpha value is -1.57. The fourth-order valence-corrected chi connectivity index (χ4v) is 8.09. The van der Waals surface area contributed by atoms with Crippen LogP contribution in [0.25, 0.3) is 0 Å². The Balaban J connectivity index is 1.51. The standard InChI is InChI=1S/C27H41NO6/c1-5-28(6-2)15-23(32)34-16-22(31)27(33)12-10-20-19-8-7-17-13-18(29)9-11-25(17,3)24(19)21(30)14-26(20,27)4/h13,19-21,24,30,33H,5-12,14-16H2,1-4H3/t19-,20-,21?,24?,25-,26-,27-/m0/s1. The summed E-state index contributed by atoms with van der Waals surface area (Å²) in [6.45, 7) is 9.17. The van der Waals surface area contributed by atoms with Gasteiger partial charge in [-0.15, -0.1) is 0 Å². The highest BCUT2D eigenvalue weighted by Gasteiger charge is 2.68. The molecule has 0 spiro atoms. The van der Waals surface area contributed by atoms with Gasteiger partial charge in [0, 0.05) is 11.8 Å². The smallest absolute Gasteiger partial charge is 0.320 e. The van der Waals surface area contributed by atoms with Gasteiger partial charge in [-0.1, -0.05) is 33.3 Å². The molecule has 7 heteroatoms. The number of likely N-dealkylation sites (N-methyl/N-ethyl adjacent to an activating group) is 1. The number of allylic oxidation sites excluding steroid dienone is 1. The van der Waals surface area contributed by atoms with Gasteiger partial charge in [-0.05, 0) is 80.9 Å². The predicted molar refractivity (Wildman–Crippen MR) is 127 cm³/mol. The van der Waals surface area contributed by atoms with Crippen LogP contribution in [-0.2, 0) is 19.1 Å². The van der Waals surface area contributed by atoms with Crippen LogP contribution in [-0.4, -0.2) is 70.6 Å². The molecule has 0 aliphatic heterocycles. The second-order valence-corrected chi connectivity index (χ2v) is 11.5. The summed E-state index contributed by atoms with van der Waals surface area (Å²) in [6, 6.07) is 0. The summed E-state index contributed by atoms with van der Waals surface area (Å²) >= 11 is 0. The summed E-state index contributed by atoms with van der Waals surface area (Å²) < 4.78 is 5.28. The number of carbonyl (C=O) groups excluding carboxylic acids is 3.